The van der Waals surface area contributed by atoms with Crippen molar-refractivity contribution in [3.8, 4) is 0 Å². The van der Waals surface area contributed by atoms with E-state index in [1.807, 2.05) is 18.7 Å². The van der Waals surface area contributed by atoms with E-state index in [9.17, 15) is 14.3 Å². The smallest absolute Gasteiger partial charge is 0.310 e. The Hall–Kier alpha value is -3.15. The predicted molar refractivity (Wildman–Crippen MR) is 148 cm³/mol. The summed E-state index contributed by atoms with van der Waals surface area (Å²) >= 11 is 5.94. The van der Waals surface area contributed by atoms with Crippen LogP contribution < -0.4 is 5.32 Å². The number of unbranched alkanes of at least 4 members (excludes halogenated alkanes) is 2. The molecule has 0 spiro atoms. The van der Waals surface area contributed by atoms with Gasteiger partial charge in [0.05, 0.1) is 21.8 Å². The van der Waals surface area contributed by atoms with E-state index in [2.05, 4.69) is 25.5 Å². The lowest BCUT2D eigenvalue weighted by Crippen LogP contribution is -2.50. The van der Waals surface area contributed by atoms with Crippen molar-refractivity contribution in [1.82, 2.24) is 25.1 Å². The molecule has 1 aliphatic heterocycles. The minimum absolute atomic E-state index is 0.0332. The Bertz CT molecular complexity index is 1340. The van der Waals surface area contributed by atoms with Crippen LogP contribution >= 0.6 is 11.6 Å². The van der Waals surface area contributed by atoms with Crippen LogP contribution in [0.2, 0.25) is 5.02 Å². The molecule has 1 fully saturated rings. The highest BCUT2D eigenvalue weighted by atomic mass is 35.5. The molecule has 0 amide bonds. The van der Waals surface area contributed by atoms with Crippen molar-refractivity contribution in [3.63, 3.8) is 0 Å². The van der Waals surface area contributed by atoms with Crippen LogP contribution in [0.1, 0.15) is 61.7 Å². The van der Waals surface area contributed by atoms with Crippen LogP contribution in [0.25, 0.3) is 0 Å². The summed E-state index contributed by atoms with van der Waals surface area (Å²) in [5, 5.41) is 29.4. The number of hydrogen-bond donors (Lipinski definition) is 4. The first-order chi connectivity index (χ1) is 19.1. The number of carboxylic acids is 1. The van der Waals surface area contributed by atoms with E-state index in [1.54, 1.807) is 18.2 Å². The quantitative estimate of drug-likeness (QED) is 0.217. The molecule has 3 heterocycles. The minimum Gasteiger partial charge on any atom is -0.481 e. The van der Waals surface area contributed by atoms with Gasteiger partial charge in [-0.25, -0.2) is 18.7 Å². The van der Waals surface area contributed by atoms with Gasteiger partial charge in [-0.05, 0) is 58.6 Å². The van der Waals surface area contributed by atoms with Crippen molar-refractivity contribution in [2.45, 2.75) is 71.4 Å². The summed E-state index contributed by atoms with van der Waals surface area (Å²) in [6, 6.07) is 6.39. The third-order valence-electron chi connectivity index (χ3n) is 7.56. The third-order valence-corrected chi connectivity index (χ3v) is 7.85. The summed E-state index contributed by atoms with van der Waals surface area (Å²) in [6.45, 7) is 4.48. The largest absolute Gasteiger partial charge is 0.481 e. The monoisotopic (exact) mass is 576 g/mol. The number of rotatable bonds is 12. The maximum absolute atomic E-state index is 15.8. The van der Waals surface area contributed by atoms with Crippen molar-refractivity contribution in [1.29, 1.82) is 0 Å². The first-order valence-electron chi connectivity index (χ1n) is 13.5. The number of anilines is 2. The van der Waals surface area contributed by atoms with Gasteiger partial charge in [-0.1, -0.05) is 30.2 Å². The van der Waals surface area contributed by atoms with Gasteiger partial charge in [0.25, 0.3) is 0 Å². The first-order valence-corrected chi connectivity index (χ1v) is 13.8. The van der Waals surface area contributed by atoms with Crippen LogP contribution in [-0.2, 0) is 24.2 Å². The first kappa shape index (κ1) is 29.8. The number of aromatic nitrogens is 4. The number of aromatic amines is 1. The lowest BCUT2D eigenvalue weighted by Gasteiger charge is -2.43. The van der Waals surface area contributed by atoms with E-state index in [0.29, 0.717) is 50.2 Å². The topological polar surface area (TPSA) is 127 Å². The molecule has 0 unspecified atom stereocenters. The van der Waals surface area contributed by atoms with Gasteiger partial charge in [-0.3, -0.25) is 14.8 Å². The summed E-state index contributed by atoms with van der Waals surface area (Å²) < 4.78 is 30.3. The number of aliphatic hydroxyl groups is 1. The van der Waals surface area contributed by atoms with Gasteiger partial charge >= 0.3 is 5.97 Å². The van der Waals surface area contributed by atoms with Crippen LogP contribution in [0.5, 0.6) is 0 Å². The fourth-order valence-corrected chi connectivity index (χ4v) is 5.51. The van der Waals surface area contributed by atoms with E-state index >= 15 is 4.39 Å². The van der Waals surface area contributed by atoms with Crippen molar-refractivity contribution in [3.05, 3.63) is 63.6 Å². The highest BCUT2D eigenvalue weighted by Gasteiger charge is 2.45. The molecule has 1 saturated heterocycles. The highest BCUT2D eigenvalue weighted by Crippen LogP contribution is 2.40. The van der Waals surface area contributed by atoms with Crippen molar-refractivity contribution in [2.75, 3.05) is 18.5 Å². The number of aryl methyl sites for hydroxylation is 2. The summed E-state index contributed by atoms with van der Waals surface area (Å²) in [5.74, 6) is -1.50. The number of aliphatic carboxylic acids is 1. The van der Waals surface area contributed by atoms with Crippen LogP contribution in [0.4, 0.5) is 20.5 Å². The molecule has 0 radical (unpaired) electrons. The van der Waals surface area contributed by atoms with Crippen LogP contribution in [0.3, 0.4) is 0 Å². The zero-order valence-corrected chi connectivity index (χ0v) is 23.4. The molecule has 3 aromatic rings. The van der Waals surface area contributed by atoms with E-state index < -0.39 is 23.0 Å². The molecular weight excluding hydrogens is 542 g/mol. The second-order valence-electron chi connectivity index (χ2n) is 10.6. The van der Waals surface area contributed by atoms with Crippen LogP contribution in [0, 0.1) is 24.0 Å². The molecule has 4 rings (SSSR count). The van der Waals surface area contributed by atoms with Gasteiger partial charge < -0.3 is 15.5 Å². The van der Waals surface area contributed by atoms with Gasteiger partial charge in [0.1, 0.15) is 5.82 Å². The van der Waals surface area contributed by atoms with Crippen molar-refractivity contribution >= 4 is 29.3 Å². The number of nitrogens with one attached hydrogen (secondary N) is 2. The fourth-order valence-electron chi connectivity index (χ4n) is 5.31. The number of nitrogens with zero attached hydrogens (tertiary/aromatic N) is 4. The normalized spacial score (nSPS) is 19.6. The Balaban J connectivity index is 1.58. The maximum atomic E-state index is 15.8. The van der Waals surface area contributed by atoms with Gasteiger partial charge in [-0.2, -0.15) is 5.10 Å². The van der Waals surface area contributed by atoms with E-state index in [0.717, 1.165) is 5.69 Å². The molecule has 0 saturated carbocycles. The van der Waals surface area contributed by atoms with Crippen LogP contribution in [-0.4, -0.2) is 60.4 Å². The van der Waals surface area contributed by atoms with Gasteiger partial charge in [0, 0.05) is 42.9 Å². The molecule has 4 N–H and O–H groups in total. The van der Waals surface area contributed by atoms with Crippen LogP contribution in [0.15, 0.2) is 24.3 Å². The van der Waals surface area contributed by atoms with Gasteiger partial charge in [0.15, 0.2) is 11.6 Å². The van der Waals surface area contributed by atoms with E-state index in [4.69, 9.17) is 16.7 Å². The van der Waals surface area contributed by atoms with Crippen molar-refractivity contribution < 1.29 is 23.8 Å². The fraction of sp³-hybridized carbons (Fsp3) is 0.500. The Labute approximate surface area is 237 Å². The number of aliphatic hydroxyl groups excluding tert-OH is 1. The molecule has 12 heteroatoms. The molecule has 9 nitrogen and oxygen atoms in total. The zero-order chi connectivity index (χ0) is 28.9. The molecule has 0 aliphatic carbocycles. The van der Waals surface area contributed by atoms with Crippen molar-refractivity contribution in [2.24, 2.45) is 5.41 Å². The predicted octanol–water partition coefficient (Wildman–Crippen LogP) is 5.19. The average molecular weight is 577 g/mol. The van der Waals surface area contributed by atoms with Gasteiger partial charge in [0.2, 0.25) is 5.95 Å². The standard InChI is InChI=1S/C28H35ClF2N6O3/c1-17-13-23(36-35-17)34-27-32-21(9-4-3-5-12-38)25(31)22(33-27)15-28(26(39)40)10-11-37(18(2)14-28)16-19-7-6-8-20(29)24(19)30/h6-8,13,18,38H,3-5,9-12,14-16H2,1-2H3,(H,39,40)(H2,32,33,34,35,36)/t18-,28-/m1/s1. The molecule has 2 aromatic heterocycles. The molecule has 2 atom stereocenters. The van der Waals surface area contributed by atoms with Gasteiger partial charge in [-0.15, -0.1) is 0 Å². The second kappa shape index (κ2) is 13.0. The molecule has 1 aromatic carbocycles. The molecule has 40 heavy (non-hydrogen) atoms. The Morgan fingerprint density at radius 2 is 2.00 bits per heavy atom. The number of benzene rings is 1. The van der Waals surface area contributed by atoms with E-state index in [-0.39, 0.29) is 54.3 Å². The third kappa shape index (κ3) is 6.94. The number of hydrogen-bond acceptors (Lipinski definition) is 7. The average Bonchev–Trinajstić information content (AvgIpc) is 3.32. The Kier molecular flexibility index (Phi) is 9.70. The summed E-state index contributed by atoms with van der Waals surface area (Å²) in [5.41, 5.74) is 0.231. The lowest BCUT2D eigenvalue weighted by atomic mass is 9.72. The second-order valence-corrected chi connectivity index (χ2v) is 11.0. The molecule has 216 valence electrons. The minimum atomic E-state index is -1.26. The highest BCUT2D eigenvalue weighted by molar-refractivity contribution is 6.30. The molecule has 0 bridgehead atoms. The number of piperidine rings is 1. The number of H-pyrrole nitrogens is 1. The number of carboxylic acid groups (broad SMARTS) is 1. The number of likely N-dealkylation sites (tertiary alicyclic amines) is 1. The Morgan fingerprint density at radius 3 is 2.67 bits per heavy atom. The summed E-state index contributed by atoms with van der Waals surface area (Å²) in [4.78, 5) is 23.5. The summed E-state index contributed by atoms with van der Waals surface area (Å²) in [7, 11) is 0. The number of carbonyl (C=O) groups is 1. The Morgan fingerprint density at radius 1 is 1.23 bits per heavy atom. The molecular formula is C28H35ClF2N6O3. The number of halogens is 3. The van der Waals surface area contributed by atoms with E-state index in [1.165, 1.54) is 6.07 Å². The lowest BCUT2D eigenvalue weighted by molar-refractivity contribution is -0.153. The SMILES string of the molecule is Cc1cc(Nc2nc(CCCCCO)c(F)c(C[C@@]3(C(=O)O)CCN(Cc4cccc(Cl)c4F)[C@H](C)C3)n2)n[nH]1. The zero-order valence-electron chi connectivity index (χ0n) is 22.7. The maximum Gasteiger partial charge on any atom is 0.310 e. The molecule has 1 aliphatic rings. The summed E-state index contributed by atoms with van der Waals surface area (Å²) in [6.07, 6.45) is 2.62.